The first-order chi connectivity index (χ1) is 12.6. The van der Waals surface area contributed by atoms with Gasteiger partial charge < -0.3 is 14.2 Å². The van der Waals surface area contributed by atoms with Crippen LogP contribution in [0.15, 0.2) is 41.1 Å². The van der Waals surface area contributed by atoms with Gasteiger partial charge in [0.05, 0.1) is 5.69 Å². The van der Waals surface area contributed by atoms with Crippen molar-refractivity contribution in [3.05, 3.63) is 53.7 Å². The number of carbonyl (C=O) groups is 2. The molecule has 0 bridgehead atoms. The van der Waals surface area contributed by atoms with Crippen molar-refractivity contribution in [2.75, 3.05) is 19.6 Å². The van der Waals surface area contributed by atoms with Crippen molar-refractivity contribution >= 4 is 11.8 Å². The zero-order valence-electron chi connectivity index (χ0n) is 15.1. The molecule has 6 nitrogen and oxygen atoms in total. The lowest BCUT2D eigenvalue weighted by Gasteiger charge is -2.38. The minimum absolute atomic E-state index is 0.0929. The third-order valence-electron chi connectivity index (χ3n) is 5.80. The van der Waals surface area contributed by atoms with Gasteiger partial charge in [-0.1, -0.05) is 30.3 Å². The van der Waals surface area contributed by atoms with E-state index in [1.54, 1.807) is 13.8 Å². The number of amides is 2. The van der Waals surface area contributed by atoms with Crippen molar-refractivity contribution in [2.24, 2.45) is 5.92 Å². The molecule has 2 fully saturated rings. The molecular formula is C20H23N3O3. The molecular weight excluding hydrogens is 330 g/mol. The van der Waals surface area contributed by atoms with E-state index in [2.05, 4.69) is 17.1 Å². The summed E-state index contributed by atoms with van der Waals surface area (Å²) in [6, 6.07) is 10.4. The first-order valence-corrected chi connectivity index (χ1v) is 9.07. The van der Waals surface area contributed by atoms with Crippen LogP contribution in [-0.4, -0.2) is 52.3 Å². The first-order valence-electron chi connectivity index (χ1n) is 9.07. The number of benzene rings is 1. The highest BCUT2D eigenvalue weighted by Gasteiger charge is 2.48. The Morgan fingerprint density at radius 1 is 1.19 bits per heavy atom. The number of rotatable bonds is 2. The number of aryl methyl sites for hydroxylation is 1. The van der Waals surface area contributed by atoms with Crippen molar-refractivity contribution in [2.45, 2.75) is 32.2 Å². The fraction of sp³-hybridized carbons (Fsp3) is 0.450. The predicted octanol–water partition coefficient (Wildman–Crippen LogP) is 2.46. The number of carbonyl (C=O) groups excluding carboxylic acids is 2. The molecule has 3 atom stereocenters. The molecule has 0 radical (unpaired) electrons. The molecule has 0 unspecified atom stereocenters. The van der Waals surface area contributed by atoms with Gasteiger partial charge in [-0.3, -0.25) is 9.59 Å². The number of nitrogens with zero attached hydrogens (tertiary/aromatic N) is 3. The summed E-state index contributed by atoms with van der Waals surface area (Å²) in [6.45, 7) is 5.44. The van der Waals surface area contributed by atoms with E-state index in [0.717, 1.165) is 6.42 Å². The highest BCUT2D eigenvalue weighted by atomic mass is 16.3. The van der Waals surface area contributed by atoms with Gasteiger partial charge in [-0.05, 0) is 18.9 Å². The average molecular weight is 353 g/mol. The van der Waals surface area contributed by atoms with Gasteiger partial charge in [-0.2, -0.15) is 0 Å². The Hall–Kier alpha value is -2.63. The first kappa shape index (κ1) is 16.8. The maximum Gasteiger partial charge on any atom is 0.291 e. The Morgan fingerprint density at radius 2 is 1.96 bits per heavy atom. The molecule has 1 aromatic heterocycles. The number of hydrogen-bond donors (Lipinski definition) is 0. The molecule has 0 spiro atoms. The van der Waals surface area contributed by atoms with Crippen molar-refractivity contribution < 1.29 is 14.0 Å². The zero-order chi connectivity index (χ0) is 18.3. The Morgan fingerprint density at radius 3 is 2.62 bits per heavy atom. The molecule has 0 aliphatic carbocycles. The van der Waals surface area contributed by atoms with E-state index < -0.39 is 0 Å². The van der Waals surface area contributed by atoms with Gasteiger partial charge in [0.2, 0.25) is 11.7 Å². The van der Waals surface area contributed by atoms with Crippen LogP contribution < -0.4 is 0 Å². The minimum Gasteiger partial charge on any atom is -0.438 e. The van der Waals surface area contributed by atoms with Crippen LogP contribution in [0.1, 0.15) is 41.1 Å². The predicted molar refractivity (Wildman–Crippen MR) is 95.6 cm³/mol. The summed E-state index contributed by atoms with van der Waals surface area (Å²) >= 11 is 0. The van der Waals surface area contributed by atoms with Crippen LogP contribution >= 0.6 is 0 Å². The standard InChI is InChI=1S/C20H23N3O3/c1-13-19(26-12-21-13)20(25)23-11-16(15-6-4-3-5-7-15)17-10-22(14(2)24)9-8-18(17)23/h3-7,12,16-18H,8-11H2,1-2H3/t16-,17-,18-/m1/s1. The third-order valence-corrected chi connectivity index (χ3v) is 5.80. The fourth-order valence-corrected chi connectivity index (χ4v) is 4.44. The van der Waals surface area contributed by atoms with Crippen molar-refractivity contribution in [1.29, 1.82) is 0 Å². The van der Waals surface area contributed by atoms with Crippen molar-refractivity contribution in [3.63, 3.8) is 0 Å². The summed E-state index contributed by atoms with van der Waals surface area (Å²) in [5, 5.41) is 0. The maximum atomic E-state index is 13.1. The lowest BCUT2D eigenvalue weighted by Crippen LogP contribution is -2.49. The number of hydrogen-bond acceptors (Lipinski definition) is 4. The number of piperidine rings is 1. The largest absolute Gasteiger partial charge is 0.438 e. The molecule has 2 amide bonds. The summed E-state index contributed by atoms with van der Waals surface area (Å²) in [5.41, 5.74) is 1.84. The Balaban J connectivity index is 1.66. The minimum atomic E-state index is -0.0929. The van der Waals surface area contributed by atoms with Gasteiger partial charge in [-0.25, -0.2) is 4.98 Å². The van der Waals surface area contributed by atoms with E-state index in [-0.39, 0.29) is 29.7 Å². The van der Waals surface area contributed by atoms with Crippen LogP contribution in [0.4, 0.5) is 0 Å². The van der Waals surface area contributed by atoms with Gasteiger partial charge in [-0.15, -0.1) is 0 Å². The summed E-state index contributed by atoms with van der Waals surface area (Å²) in [5.74, 6) is 0.792. The maximum absolute atomic E-state index is 13.1. The SMILES string of the molecule is CC(=O)N1CC[C@@H]2[C@H](C1)[C@@H](c1ccccc1)CN2C(=O)c1ocnc1C. The quantitative estimate of drug-likeness (QED) is 0.832. The second-order valence-electron chi connectivity index (χ2n) is 7.23. The number of likely N-dealkylation sites (tertiary alicyclic amines) is 2. The monoisotopic (exact) mass is 353 g/mol. The van der Waals surface area contributed by atoms with Crippen LogP contribution in [0.2, 0.25) is 0 Å². The molecule has 2 aliphatic heterocycles. The summed E-state index contributed by atoms with van der Waals surface area (Å²) in [4.78, 5) is 32.9. The molecule has 0 N–H and O–H groups in total. The number of aromatic nitrogens is 1. The topological polar surface area (TPSA) is 66.7 Å². The van der Waals surface area contributed by atoms with Gasteiger partial charge in [0, 0.05) is 44.4 Å². The average Bonchev–Trinajstić information content (AvgIpc) is 3.25. The van der Waals surface area contributed by atoms with E-state index in [9.17, 15) is 9.59 Å². The number of fused-ring (bicyclic) bond motifs is 1. The smallest absolute Gasteiger partial charge is 0.291 e. The third kappa shape index (κ3) is 2.79. The van der Waals surface area contributed by atoms with E-state index in [1.165, 1.54) is 12.0 Å². The molecule has 2 aromatic rings. The van der Waals surface area contributed by atoms with Gasteiger partial charge in [0.1, 0.15) is 0 Å². The Bertz CT molecular complexity index is 817. The highest BCUT2D eigenvalue weighted by Crippen LogP contribution is 2.42. The molecule has 136 valence electrons. The molecule has 4 rings (SSSR count). The summed E-state index contributed by atoms with van der Waals surface area (Å²) < 4.78 is 5.35. The molecule has 2 saturated heterocycles. The van der Waals surface area contributed by atoms with Crippen LogP contribution in [-0.2, 0) is 4.79 Å². The normalized spacial score (nSPS) is 25.2. The van der Waals surface area contributed by atoms with Crippen LogP contribution in [0.25, 0.3) is 0 Å². The van der Waals surface area contributed by atoms with Gasteiger partial charge in [0.15, 0.2) is 6.39 Å². The fourth-order valence-electron chi connectivity index (χ4n) is 4.44. The van der Waals surface area contributed by atoms with Crippen LogP contribution in [0, 0.1) is 12.8 Å². The van der Waals surface area contributed by atoms with Crippen LogP contribution in [0.3, 0.4) is 0 Å². The van der Waals surface area contributed by atoms with Gasteiger partial charge >= 0.3 is 0 Å². The number of oxazole rings is 1. The summed E-state index contributed by atoms with van der Waals surface area (Å²) in [6.07, 6.45) is 2.12. The molecule has 1 aromatic carbocycles. The molecule has 2 aliphatic rings. The van der Waals surface area contributed by atoms with Crippen molar-refractivity contribution in [1.82, 2.24) is 14.8 Å². The van der Waals surface area contributed by atoms with E-state index >= 15 is 0 Å². The van der Waals surface area contributed by atoms with E-state index in [4.69, 9.17) is 4.42 Å². The lowest BCUT2D eigenvalue weighted by molar-refractivity contribution is -0.131. The van der Waals surface area contributed by atoms with Crippen LogP contribution in [0.5, 0.6) is 0 Å². The van der Waals surface area contributed by atoms with Crippen molar-refractivity contribution in [3.8, 4) is 0 Å². The highest BCUT2D eigenvalue weighted by molar-refractivity contribution is 5.93. The molecule has 0 saturated carbocycles. The molecule has 3 heterocycles. The van der Waals surface area contributed by atoms with E-state index in [0.29, 0.717) is 31.1 Å². The van der Waals surface area contributed by atoms with Gasteiger partial charge in [0.25, 0.3) is 5.91 Å². The second kappa shape index (κ2) is 6.59. The zero-order valence-corrected chi connectivity index (χ0v) is 15.1. The lowest BCUT2D eigenvalue weighted by atomic mass is 9.82. The molecule has 6 heteroatoms. The Labute approximate surface area is 152 Å². The molecule has 26 heavy (non-hydrogen) atoms. The second-order valence-corrected chi connectivity index (χ2v) is 7.23. The van der Waals surface area contributed by atoms with E-state index in [1.807, 2.05) is 28.0 Å². The summed E-state index contributed by atoms with van der Waals surface area (Å²) in [7, 11) is 0. The Kier molecular flexibility index (Phi) is 4.26.